The molecule has 1 aromatic carbocycles. The summed E-state index contributed by atoms with van der Waals surface area (Å²) in [6, 6.07) is 6.78. The maximum atomic E-state index is 13.0. The fourth-order valence-corrected chi connectivity index (χ4v) is 2.74. The van der Waals surface area contributed by atoms with E-state index in [-0.39, 0.29) is 17.3 Å². The van der Waals surface area contributed by atoms with Crippen LogP contribution in [0.4, 0.5) is 4.39 Å². The predicted octanol–water partition coefficient (Wildman–Crippen LogP) is 1.47. The Balaban J connectivity index is 1.74. The number of hydrogen-bond donors (Lipinski definition) is 1. The first-order chi connectivity index (χ1) is 8.78. The summed E-state index contributed by atoms with van der Waals surface area (Å²) >= 11 is 0. The summed E-state index contributed by atoms with van der Waals surface area (Å²) in [5.74, 6) is -0.190. The van der Waals surface area contributed by atoms with E-state index in [2.05, 4.69) is 5.32 Å². The summed E-state index contributed by atoms with van der Waals surface area (Å²) < 4.78 is 24.1. The summed E-state index contributed by atoms with van der Waals surface area (Å²) in [6.07, 6.45) is 1.17. The summed E-state index contributed by atoms with van der Waals surface area (Å²) in [6.45, 7) is 4.00. The van der Waals surface area contributed by atoms with Crippen LogP contribution in [0.1, 0.15) is 12.0 Å². The van der Waals surface area contributed by atoms with E-state index in [1.54, 1.807) is 0 Å². The molecule has 2 heterocycles. The Morgan fingerprint density at radius 2 is 2.06 bits per heavy atom. The summed E-state index contributed by atoms with van der Waals surface area (Å²) in [5, 5.41) is 3.34. The lowest BCUT2D eigenvalue weighted by molar-refractivity contribution is -0.0942. The standard InChI is InChI=1S/C14H18FNO2/c15-12-3-1-11(2-4-12)14(9-17-10-14)7-13-8-16-5-6-18-13/h1-4,13,16H,5-10H2. The highest BCUT2D eigenvalue weighted by Gasteiger charge is 2.42. The van der Waals surface area contributed by atoms with E-state index in [1.165, 1.54) is 12.1 Å². The molecule has 0 bridgehead atoms. The maximum Gasteiger partial charge on any atom is 0.123 e. The van der Waals surface area contributed by atoms with Crippen molar-refractivity contribution in [3.05, 3.63) is 35.6 Å². The lowest BCUT2D eigenvalue weighted by Gasteiger charge is -2.44. The van der Waals surface area contributed by atoms with Gasteiger partial charge in [-0.2, -0.15) is 0 Å². The summed E-state index contributed by atoms with van der Waals surface area (Å²) in [7, 11) is 0. The van der Waals surface area contributed by atoms with Crippen LogP contribution in [0, 0.1) is 5.82 Å². The van der Waals surface area contributed by atoms with E-state index >= 15 is 0 Å². The fourth-order valence-electron chi connectivity index (χ4n) is 2.74. The average molecular weight is 251 g/mol. The molecule has 2 aliphatic rings. The fraction of sp³-hybridized carbons (Fsp3) is 0.571. The van der Waals surface area contributed by atoms with Gasteiger partial charge in [0.1, 0.15) is 5.82 Å². The van der Waals surface area contributed by atoms with Gasteiger partial charge in [-0.25, -0.2) is 4.39 Å². The molecule has 3 nitrogen and oxygen atoms in total. The molecule has 2 fully saturated rings. The Labute approximate surface area is 106 Å². The number of hydrogen-bond acceptors (Lipinski definition) is 3. The Hall–Kier alpha value is -0.970. The van der Waals surface area contributed by atoms with E-state index in [0.717, 1.165) is 31.7 Å². The zero-order chi connectivity index (χ0) is 12.4. The third kappa shape index (κ3) is 2.28. The van der Waals surface area contributed by atoms with Gasteiger partial charge in [-0.1, -0.05) is 12.1 Å². The van der Waals surface area contributed by atoms with Crippen LogP contribution < -0.4 is 5.32 Å². The van der Waals surface area contributed by atoms with Gasteiger partial charge in [0.25, 0.3) is 0 Å². The molecule has 2 saturated heterocycles. The SMILES string of the molecule is Fc1ccc(C2(CC3CNCCO3)COC2)cc1. The molecule has 1 unspecified atom stereocenters. The van der Waals surface area contributed by atoms with Gasteiger partial charge in [-0.15, -0.1) is 0 Å². The van der Waals surface area contributed by atoms with E-state index in [0.29, 0.717) is 13.2 Å². The van der Waals surface area contributed by atoms with Crippen molar-refractivity contribution in [2.24, 2.45) is 0 Å². The minimum Gasteiger partial charge on any atom is -0.379 e. The maximum absolute atomic E-state index is 13.0. The van der Waals surface area contributed by atoms with Crippen molar-refractivity contribution < 1.29 is 13.9 Å². The van der Waals surface area contributed by atoms with Gasteiger partial charge in [-0.3, -0.25) is 0 Å². The van der Waals surface area contributed by atoms with Crippen LogP contribution in [-0.4, -0.2) is 39.0 Å². The first-order valence-corrected chi connectivity index (χ1v) is 6.45. The highest BCUT2D eigenvalue weighted by Crippen LogP contribution is 2.37. The van der Waals surface area contributed by atoms with E-state index in [1.807, 2.05) is 12.1 Å². The second-order valence-electron chi connectivity index (χ2n) is 5.18. The Morgan fingerprint density at radius 1 is 1.28 bits per heavy atom. The van der Waals surface area contributed by atoms with Crippen molar-refractivity contribution in [2.75, 3.05) is 32.9 Å². The highest BCUT2D eigenvalue weighted by molar-refractivity contribution is 5.28. The number of benzene rings is 1. The van der Waals surface area contributed by atoms with Crippen LogP contribution in [-0.2, 0) is 14.9 Å². The lowest BCUT2D eigenvalue weighted by atomic mass is 9.74. The van der Waals surface area contributed by atoms with E-state index in [4.69, 9.17) is 9.47 Å². The van der Waals surface area contributed by atoms with Gasteiger partial charge in [0, 0.05) is 18.5 Å². The molecule has 2 aliphatic heterocycles. The van der Waals surface area contributed by atoms with Crippen molar-refractivity contribution in [2.45, 2.75) is 17.9 Å². The molecule has 0 aliphatic carbocycles. The number of halogens is 1. The van der Waals surface area contributed by atoms with Crippen LogP contribution in [0.15, 0.2) is 24.3 Å². The molecule has 0 aromatic heterocycles. The van der Waals surface area contributed by atoms with Crippen LogP contribution in [0.5, 0.6) is 0 Å². The molecular weight excluding hydrogens is 233 g/mol. The molecular formula is C14H18FNO2. The van der Waals surface area contributed by atoms with E-state index < -0.39 is 0 Å². The number of rotatable bonds is 3. The Morgan fingerprint density at radius 3 is 2.61 bits per heavy atom. The Bertz CT molecular complexity index is 397. The van der Waals surface area contributed by atoms with Gasteiger partial charge in [-0.05, 0) is 24.1 Å². The minimum atomic E-state index is -0.190. The second kappa shape index (κ2) is 4.96. The molecule has 18 heavy (non-hydrogen) atoms. The Kier molecular flexibility index (Phi) is 3.33. The van der Waals surface area contributed by atoms with Crippen molar-refractivity contribution in [3.63, 3.8) is 0 Å². The van der Waals surface area contributed by atoms with Gasteiger partial charge in [0.2, 0.25) is 0 Å². The lowest BCUT2D eigenvalue weighted by Crippen LogP contribution is -2.52. The largest absolute Gasteiger partial charge is 0.379 e. The van der Waals surface area contributed by atoms with Gasteiger partial charge >= 0.3 is 0 Å². The molecule has 1 N–H and O–H groups in total. The molecule has 0 radical (unpaired) electrons. The summed E-state index contributed by atoms with van der Waals surface area (Å²) in [4.78, 5) is 0. The second-order valence-corrected chi connectivity index (χ2v) is 5.18. The smallest absolute Gasteiger partial charge is 0.123 e. The average Bonchev–Trinajstić information content (AvgIpc) is 2.36. The van der Waals surface area contributed by atoms with E-state index in [9.17, 15) is 4.39 Å². The molecule has 4 heteroatoms. The molecule has 1 aromatic rings. The molecule has 98 valence electrons. The van der Waals surface area contributed by atoms with Crippen LogP contribution in [0.2, 0.25) is 0 Å². The van der Waals surface area contributed by atoms with Crippen molar-refractivity contribution in [1.82, 2.24) is 5.32 Å². The zero-order valence-electron chi connectivity index (χ0n) is 10.3. The molecule has 0 spiro atoms. The molecule has 1 atom stereocenters. The predicted molar refractivity (Wildman–Crippen MR) is 66.1 cm³/mol. The third-order valence-electron chi connectivity index (χ3n) is 3.84. The van der Waals surface area contributed by atoms with Crippen LogP contribution in [0.3, 0.4) is 0 Å². The monoisotopic (exact) mass is 251 g/mol. The van der Waals surface area contributed by atoms with Gasteiger partial charge in [0.05, 0.1) is 25.9 Å². The van der Waals surface area contributed by atoms with Gasteiger partial charge < -0.3 is 14.8 Å². The first kappa shape index (κ1) is 12.1. The minimum absolute atomic E-state index is 0.0113. The topological polar surface area (TPSA) is 30.5 Å². The van der Waals surface area contributed by atoms with Gasteiger partial charge in [0.15, 0.2) is 0 Å². The number of ether oxygens (including phenoxy) is 2. The molecule has 3 rings (SSSR count). The van der Waals surface area contributed by atoms with Crippen molar-refractivity contribution in [1.29, 1.82) is 0 Å². The summed E-state index contributed by atoms with van der Waals surface area (Å²) in [5.41, 5.74) is 1.17. The first-order valence-electron chi connectivity index (χ1n) is 6.45. The highest BCUT2D eigenvalue weighted by atomic mass is 19.1. The van der Waals surface area contributed by atoms with Crippen LogP contribution >= 0.6 is 0 Å². The van der Waals surface area contributed by atoms with Crippen molar-refractivity contribution in [3.8, 4) is 0 Å². The number of nitrogens with one attached hydrogen (secondary N) is 1. The molecule has 0 saturated carbocycles. The third-order valence-corrected chi connectivity index (χ3v) is 3.84. The van der Waals surface area contributed by atoms with Crippen molar-refractivity contribution >= 4 is 0 Å². The number of morpholine rings is 1. The normalized spacial score (nSPS) is 26.6. The molecule has 0 amide bonds. The quantitative estimate of drug-likeness (QED) is 0.882. The zero-order valence-corrected chi connectivity index (χ0v) is 10.3. The van der Waals surface area contributed by atoms with Crippen LogP contribution in [0.25, 0.3) is 0 Å².